The van der Waals surface area contributed by atoms with Gasteiger partial charge in [0.15, 0.2) is 9.84 Å². The summed E-state index contributed by atoms with van der Waals surface area (Å²) in [6.07, 6.45) is 3.10. The summed E-state index contributed by atoms with van der Waals surface area (Å²) in [7, 11) is -3.63. The summed E-state index contributed by atoms with van der Waals surface area (Å²) >= 11 is 0. The Kier molecular flexibility index (Phi) is 11.7. The average molecular weight is 484 g/mol. The van der Waals surface area contributed by atoms with Crippen molar-refractivity contribution in [3.63, 3.8) is 0 Å². The van der Waals surface area contributed by atoms with Crippen LogP contribution in [0.2, 0.25) is 0 Å². The van der Waals surface area contributed by atoms with Crippen molar-refractivity contribution in [3.8, 4) is 0 Å². The Morgan fingerprint density at radius 1 is 1.15 bits per heavy atom. The smallest absolute Gasteiger partial charge is 0.408 e. The van der Waals surface area contributed by atoms with Crippen molar-refractivity contribution in [2.75, 3.05) is 25.6 Å². The van der Waals surface area contributed by atoms with Gasteiger partial charge >= 0.3 is 12.1 Å². The van der Waals surface area contributed by atoms with Crippen LogP contribution < -0.4 is 5.32 Å². The molecule has 0 spiro atoms. The number of amides is 1. The Morgan fingerprint density at radius 3 is 2.45 bits per heavy atom. The summed E-state index contributed by atoms with van der Waals surface area (Å²) in [5.41, 5.74) is 1.12. The quantitative estimate of drug-likeness (QED) is 0.319. The summed E-state index contributed by atoms with van der Waals surface area (Å²) in [5, 5.41) is 1.87. The molecule has 0 aliphatic carbocycles. The van der Waals surface area contributed by atoms with E-state index in [4.69, 9.17) is 14.2 Å². The van der Waals surface area contributed by atoms with Gasteiger partial charge < -0.3 is 19.5 Å². The predicted molar refractivity (Wildman–Crippen MR) is 126 cm³/mol. The van der Waals surface area contributed by atoms with Crippen molar-refractivity contribution < 1.29 is 32.2 Å². The maximum Gasteiger partial charge on any atom is 0.408 e. The molecular weight excluding hydrogens is 446 g/mol. The molecular formula is C24H37NO7S. The Bertz CT molecular complexity index is 816. The summed E-state index contributed by atoms with van der Waals surface area (Å²) in [6.45, 7) is 4.76. The van der Waals surface area contributed by atoms with Crippen molar-refractivity contribution >= 4 is 21.9 Å². The molecule has 1 amide bonds. The van der Waals surface area contributed by atoms with E-state index < -0.39 is 45.0 Å². The van der Waals surface area contributed by atoms with E-state index in [9.17, 15) is 18.0 Å². The summed E-state index contributed by atoms with van der Waals surface area (Å²) in [4.78, 5) is 25.1. The molecule has 2 rings (SSSR count). The van der Waals surface area contributed by atoms with Crippen molar-refractivity contribution in [2.24, 2.45) is 0 Å². The largest absolute Gasteiger partial charge is 0.464 e. The topological polar surface area (TPSA) is 108 Å². The van der Waals surface area contributed by atoms with Crippen LogP contribution in [0.3, 0.4) is 0 Å². The number of carbonyl (C=O) groups is 2. The van der Waals surface area contributed by atoms with Gasteiger partial charge in [0.25, 0.3) is 0 Å². The minimum absolute atomic E-state index is 0.130. The number of esters is 1. The van der Waals surface area contributed by atoms with Gasteiger partial charge in [0.05, 0.1) is 30.8 Å². The third-order valence-electron chi connectivity index (χ3n) is 5.56. The molecule has 186 valence electrons. The first-order valence-corrected chi connectivity index (χ1v) is 13.5. The highest BCUT2D eigenvalue weighted by atomic mass is 32.2. The van der Waals surface area contributed by atoms with E-state index in [-0.39, 0.29) is 13.2 Å². The van der Waals surface area contributed by atoms with Crippen LogP contribution in [0.4, 0.5) is 4.79 Å². The molecule has 1 N–H and O–H groups in total. The third kappa shape index (κ3) is 9.71. The highest BCUT2D eigenvalue weighted by Gasteiger charge is 2.34. The highest BCUT2D eigenvalue weighted by molar-refractivity contribution is 7.92. The molecule has 1 aromatic carbocycles. The van der Waals surface area contributed by atoms with Gasteiger partial charge in [0.2, 0.25) is 0 Å². The van der Waals surface area contributed by atoms with E-state index in [0.29, 0.717) is 32.3 Å². The van der Waals surface area contributed by atoms with Crippen molar-refractivity contribution in [2.45, 2.75) is 76.2 Å². The molecule has 0 radical (unpaired) electrons. The molecule has 8 nitrogen and oxygen atoms in total. The molecule has 1 fully saturated rings. The first kappa shape index (κ1) is 27.1. The average Bonchev–Trinajstić information content (AvgIpc) is 3.29. The van der Waals surface area contributed by atoms with Gasteiger partial charge in [-0.2, -0.15) is 0 Å². The zero-order chi connectivity index (χ0) is 24.1. The van der Waals surface area contributed by atoms with E-state index in [1.54, 1.807) is 0 Å². The molecule has 0 aromatic heterocycles. The summed E-state index contributed by atoms with van der Waals surface area (Å²) in [6, 6.07) is 8.47. The SMILES string of the molecule is CCCC(CCC)S(=O)(=O)C[C@H](NC(=O)O[C@H]1CCOC1)C(=O)OCCCc1ccccc1. The number of alkyl carbamates (subject to hydrolysis) is 1. The Hall–Kier alpha value is -2.13. The molecule has 0 saturated carbocycles. The second kappa shape index (κ2) is 14.2. The Labute approximate surface area is 197 Å². The van der Waals surface area contributed by atoms with Gasteiger partial charge in [-0.15, -0.1) is 0 Å². The van der Waals surface area contributed by atoms with Crippen molar-refractivity contribution in [1.29, 1.82) is 0 Å². The second-order valence-corrected chi connectivity index (χ2v) is 10.7. The molecule has 1 heterocycles. The first-order valence-electron chi connectivity index (χ1n) is 11.8. The lowest BCUT2D eigenvalue weighted by molar-refractivity contribution is -0.145. The number of nitrogens with one attached hydrogen (secondary N) is 1. The maximum absolute atomic E-state index is 13.0. The summed E-state index contributed by atoms with van der Waals surface area (Å²) < 4.78 is 41.9. The van der Waals surface area contributed by atoms with Gasteiger partial charge in [-0.1, -0.05) is 57.0 Å². The fourth-order valence-corrected chi connectivity index (χ4v) is 5.96. The molecule has 2 atom stereocenters. The normalized spacial score (nSPS) is 17.0. The van der Waals surface area contributed by atoms with Crippen LogP contribution in [0.1, 0.15) is 57.9 Å². The molecule has 33 heavy (non-hydrogen) atoms. The Morgan fingerprint density at radius 2 is 1.85 bits per heavy atom. The van der Waals surface area contributed by atoms with E-state index in [0.717, 1.165) is 24.8 Å². The van der Waals surface area contributed by atoms with Gasteiger partial charge in [-0.25, -0.2) is 18.0 Å². The van der Waals surface area contributed by atoms with Gasteiger partial charge in [0, 0.05) is 6.42 Å². The number of benzene rings is 1. The van der Waals surface area contributed by atoms with Crippen LogP contribution in [0, 0.1) is 0 Å². The number of carbonyl (C=O) groups excluding carboxylic acids is 2. The molecule has 0 bridgehead atoms. The van der Waals surface area contributed by atoms with Gasteiger partial charge in [0.1, 0.15) is 12.1 Å². The van der Waals surface area contributed by atoms with E-state index in [2.05, 4.69) is 5.32 Å². The van der Waals surface area contributed by atoms with Crippen molar-refractivity contribution in [1.82, 2.24) is 5.32 Å². The molecule has 1 aromatic rings. The number of ether oxygens (including phenoxy) is 3. The zero-order valence-corrected chi connectivity index (χ0v) is 20.5. The fourth-order valence-electron chi connectivity index (χ4n) is 3.81. The molecule has 9 heteroatoms. The van der Waals surface area contributed by atoms with Crippen LogP contribution >= 0.6 is 0 Å². The fraction of sp³-hybridized carbons (Fsp3) is 0.667. The van der Waals surface area contributed by atoms with Crippen LogP contribution in [0.5, 0.6) is 0 Å². The number of aryl methyl sites for hydroxylation is 1. The minimum atomic E-state index is -3.63. The maximum atomic E-state index is 13.0. The first-order chi connectivity index (χ1) is 15.9. The van der Waals surface area contributed by atoms with E-state index in [1.165, 1.54) is 0 Å². The predicted octanol–water partition coefficient (Wildman–Crippen LogP) is 3.43. The lowest BCUT2D eigenvalue weighted by Gasteiger charge is -2.22. The zero-order valence-electron chi connectivity index (χ0n) is 19.7. The van der Waals surface area contributed by atoms with Crippen LogP contribution in [0.25, 0.3) is 0 Å². The monoisotopic (exact) mass is 483 g/mol. The van der Waals surface area contributed by atoms with Crippen LogP contribution in [-0.2, 0) is 35.3 Å². The van der Waals surface area contributed by atoms with Crippen molar-refractivity contribution in [3.05, 3.63) is 35.9 Å². The lowest BCUT2D eigenvalue weighted by atomic mass is 10.1. The van der Waals surface area contributed by atoms with Crippen LogP contribution in [-0.4, -0.2) is 63.4 Å². The minimum Gasteiger partial charge on any atom is -0.464 e. The second-order valence-electron chi connectivity index (χ2n) is 8.37. The summed E-state index contributed by atoms with van der Waals surface area (Å²) in [5.74, 6) is -1.27. The number of rotatable bonds is 14. The standard InChI is InChI=1S/C24H37NO7S/c1-3-9-21(10-4-2)33(28,29)18-22(25-24(27)32-20-14-16-30-17-20)23(26)31-15-8-13-19-11-6-5-7-12-19/h5-7,11-12,20-22H,3-4,8-10,13-18H2,1-2H3,(H,25,27)/t20-,22-/m0/s1. The highest BCUT2D eigenvalue weighted by Crippen LogP contribution is 2.17. The molecule has 1 aliphatic rings. The lowest BCUT2D eigenvalue weighted by Crippen LogP contribution is -2.48. The molecule has 0 unspecified atom stereocenters. The molecule has 1 saturated heterocycles. The molecule has 1 aliphatic heterocycles. The number of hydrogen-bond donors (Lipinski definition) is 1. The van der Waals surface area contributed by atoms with Crippen LogP contribution in [0.15, 0.2) is 30.3 Å². The third-order valence-corrected chi connectivity index (χ3v) is 7.85. The van der Waals surface area contributed by atoms with E-state index in [1.807, 2.05) is 44.2 Å². The number of hydrogen-bond acceptors (Lipinski definition) is 7. The van der Waals surface area contributed by atoms with Gasteiger partial charge in [-0.05, 0) is 31.2 Å². The van der Waals surface area contributed by atoms with E-state index >= 15 is 0 Å². The van der Waals surface area contributed by atoms with Gasteiger partial charge in [-0.3, -0.25) is 0 Å². The Balaban J connectivity index is 1.99. The number of sulfone groups is 1.